The van der Waals surface area contributed by atoms with E-state index in [1.165, 1.54) is 19.1 Å². The molecular weight excluding hydrogens is 485 g/mol. The molecule has 0 atom stereocenters. The van der Waals surface area contributed by atoms with E-state index >= 15 is 0 Å². The van der Waals surface area contributed by atoms with E-state index in [1.807, 2.05) is 42.5 Å². The number of hydrogen-bond donors (Lipinski definition) is 3. The molecule has 9 nitrogen and oxygen atoms in total. The first kappa shape index (κ1) is 27.2. The maximum atomic E-state index is 13.2. The number of aromatic nitrogens is 2. The molecule has 3 N–H and O–H groups in total. The molecule has 4 rings (SSSR count). The van der Waals surface area contributed by atoms with Gasteiger partial charge in [-0.1, -0.05) is 42.5 Å². The third-order valence-electron chi connectivity index (χ3n) is 6.20. The highest BCUT2D eigenvalue weighted by molar-refractivity contribution is 5.92. The van der Waals surface area contributed by atoms with Crippen molar-refractivity contribution < 1.29 is 14.0 Å². The van der Waals surface area contributed by atoms with Crippen LogP contribution in [0.25, 0.3) is 11.4 Å². The average Bonchev–Trinajstić information content (AvgIpc) is 3.13. The van der Waals surface area contributed by atoms with Crippen LogP contribution in [0.5, 0.6) is 0 Å². The number of carbonyl (C=O) groups excluding carboxylic acids is 2. The van der Waals surface area contributed by atoms with Gasteiger partial charge in [-0.3, -0.25) is 19.4 Å². The first-order valence-corrected chi connectivity index (χ1v) is 12.9. The predicted octanol–water partition coefficient (Wildman–Crippen LogP) is 2.98. The molecule has 2 heterocycles. The Kier molecular flexibility index (Phi) is 9.71. The highest BCUT2D eigenvalue weighted by atomic mass is 19.1. The van der Waals surface area contributed by atoms with Gasteiger partial charge in [0.15, 0.2) is 5.82 Å². The summed E-state index contributed by atoms with van der Waals surface area (Å²) in [6.07, 6.45) is 0.947. The molecule has 0 aliphatic carbocycles. The van der Waals surface area contributed by atoms with Crippen molar-refractivity contribution in [1.82, 2.24) is 25.1 Å². The molecule has 0 bridgehead atoms. The van der Waals surface area contributed by atoms with Gasteiger partial charge >= 0.3 is 0 Å². The van der Waals surface area contributed by atoms with Crippen molar-refractivity contribution in [1.29, 1.82) is 0 Å². The summed E-state index contributed by atoms with van der Waals surface area (Å²) < 4.78 is 13.2. The van der Waals surface area contributed by atoms with E-state index in [-0.39, 0.29) is 24.2 Å². The third-order valence-corrected chi connectivity index (χ3v) is 6.20. The van der Waals surface area contributed by atoms with E-state index in [0.717, 1.165) is 50.3 Å². The molecular formula is C28H34FN7O2. The van der Waals surface area contributed by atoms with Crippen molar-refractivity contribution in [2.75, 3.05) is 56.4 Å². The minimum absolute atomic E-state index is 0.0977. The molecule has 0 saturated carbocycles. The lowest BCUT2D eigenvalue weighted by Crippen LogP contribution is -2.36. The molecule has 0 spiro atoms. The predicted molar refractivity (Wildman–Crippen MR) is 146 cm³/mol. The van der Waals surface area contributed by atoms with Gasteiger partial charge in [-0.15, -0.1) is 0 Å². The number of rotatable bonds is 10. The van der Waals surface area contributed by atoms with Crippen LogP contribution in [-0.4, -0.2) is 77.4 Å². The Bertz CT molecular complexity index is 1210. The first-order valence-electron chi connectivity index (χ1n) is 12.9. The lowest BCUT2D eigenvalue weighted by atomic mass is 10.2. The van der Waals surface area contributed by atoms with Crippen LogP contribution >= 0.6 is 0 Å². The molecule has 1 saturated heterocycles. The molecule has 200 valence electrons. The molecule has 1 aromatic heterocycles. The number of nitrogens with zero attached hydrogens (tertiary/aromatic N) is 4. The van der Waals surface area contributed by atoms with Gasteiger partial charge in [0, 0.05) is 51.3 Å². The van der Waals surface area contributed by atoms with Crippen LogP contribution in [0.4, 0.5) is 16.0 Å². The van der Waals surface area contributed by atoms with Gasteiger partial charge in [-0.05, 0) is 37.2 Å². The molecule has 1 aliphatic heterocycles. The summed E-state index contributed by atoms with van der Waals surface area (Å²) in [5, 5.41) is 8.86. The normalized spacial score (nSPS) is 14.5. The Hall–Kier alpha value is -3.89. The fourth-order valence-electron chi connectivity index (χ4n) is 4.32. The van der Waals surface area contributed by atoms with E-state index < -0.39 is 0 Å². The highest BCUT2D eigenvalue weighted by Crippen LogP contribution is 2.20. The number of nitrogens with one attached hydrogen (secondary N) is 3. The topological polar surface area (TPSA) is 102 Å². The second-order valence-electron chi connectivity index (χ2n) is 9.32. The van der Waals surface area contributed by atoms with Crippen LogP contribution in [0, 0.1) is 5.82 Å². The lowest BCUT2D eigenvalue weighted by molar-refractivity contribution is -0.119. The van der Waals surface area contributed by atoms with Crippen LogP contribution in [0.3, 0.4) is 0 Å². The molecule has 1 aliphatic rings. The number of hydrogen-bond acceptors (Lipinski definition) is 7. The summed E-state index contributed by atoms with van der Waals surface area (Å²) in [4.78, 5) is 37.7. The van der Waals surface area contributed by atoms with Crippen LogP contribution in [0.2, 0.25) is 0 Å². The summed E-state index contributed by atoms with van der Waals surface area (Å²) >= 11 is 0. The largest absolute Gasteiger partial charge is 0.368 e. The Morgan fingerprint density at radius 3 is 2.37 bits per heavy atom. The van der Waals surface area contributed by atoms with Crippen molar-refractivity contribution in [3.8, 4) is 11.4 Å². The van der Waals surface area contributed by atoms with Crippen LogP contribution in [0.15, 0.2) is 60.7 Å². The fourth-order valence-corrected chi connectivity index (χ4v) is 4.32. The SMILES string of the molecule is CC(=O)NCCNc1cc(NC(=O)CN2CCCN(Cc3ccc(F)cc3)CC2)nc(-c2ccccc2)n1. The number of halogens is 1. The second kappa shape index (κ2) is 13.6. The van der Waals surface area contributed by atoms with Crippen LogP contribution in [-0.2, 0) is 16.1 Å². The zero-order chi connectivity index (χ0) is 26.7. The van der Waals surface area contributed by atoms with E-state index in [9.17, 15) is 14.0 Å². The Morgan fingerprint density at radius 2 is 1.61 bits per heavy atom. The molecule has 0 unspecified atom stereocenters. The van der Waals surface area contributed by atoms with Crippen molar-refractivity contribution in [3.05, 3.63) is 72.0 Å². The summed E-state index contributed by atoms with van der Waals surface area (Å²) in [6, 6.07) is 17.9. The van der Waals surface area contributed by atoms with Crippen LogP contribution in [0.1, 0.15) is 18.9 Å². The second-order valence-corrected chi connectivity index (χ2v) is 9.32. The first-order chi connectivity index (χ1) is 18.4. The van der Waals surface area contributed by atoms with Crippen molar-refractivity contribution in [2.45, 2.75) is 19.9 Å². The van der Waals surface area contributed by atoms with Crippen molar-refractivity contribution in [2.24, 2.45) is 0 Å². The van der Waals surface area contributed by atoms with Gasteiger partial charge in [0.1, 0.15) is 17.5 Å². The smallest absolute Gasteiger partial charge is 0.239 e. The summed E-state index contributed by atoms with van der Waals surface area (Å²) in [5.41, 5.74) is 1.92. The lowest BCUT2D eigenvalue weighted by Gasteiger charge is -2.21. The fraction of sp³-hybridized carbons (Fsp3) is 0.357. The minimum Gasteiger partial charge on any atom is -0.368 e. The number of amides is 2. The standard InChI is InChI=1S/C28H34FN7O2/c1-21(37)30-12-13-31-25-18-26(34-28(33-25)23-6-3-2-4-7-23)32-27(38)20-36-15-5-14-35(16-17-36)19-22-8-10-24(29)11-9-22/h2-4,6-11,18H,5,12-17,19-20H2,1H3,(H,30,37)(H2,31,32,33,34,38). The molecule has 1 fully saturated rings. The minimum atomic E-state index is -0.228. The Balaban J connectivity index is 1.35. The Morgan fingerprint density at radius 1 is 0.895 bits per heavy atom. The van der Waals surface area contributed by atoms with Crippen molar-refractivity contribution >= 4 is 23.5 Å². The van der Waals surface area contributed by atoms with E-state index in [4.69, 9.17) is 0 Å². The zero-order valence-electron chi connectivity index (χ0n) is 21.6. The maximum Gasteiger partial charge on any atom is 0.239 e. The van der Waals surface area contributed by atoms with E-state index in [0.29, 0.717) is 30.5 Å². The highest BCUT2D eigenvalue weighted by Gasteiger charge is 2.18. The molecule has 38 heavy (non-hydrogen) atoms. The summed E-state index contributed by atoms with van der Waals surface area (Å²) in [5.74, 6) is 1.01. The maximum absolute atomic E-state index is 13.2. The molecule has 3 aromatic rings. The monoisotopic (exact) mass is 519 g/mol. The third kappa shape index (κ3) is 8.60. The average molecular weight is 520 g/mol. The number of carbonyl (C=O) groups is 2. The van der Waals surface area contributed by atoms with Crippen LogP contribution < -0.4 is 16.0 Å². The summed E-state index contributed by atoms with van der Waals surface area (Å²) in [7, 11) is 0. The molecule has 2 amide bonds. The van der Waals surface area contributed by atoms with E-state index in [2.05, 4.69) is 35.7 Å². The van der Waals surface area contributed by atoms with Gasteiger partial charge in [-0.2, -0.15) is 0 Å². The van der Waals surface area contributed by atoms with E-state index in [1.54, 1.807) is 6.07 Å². The number of benzene rings is 2. The quantitative estimate of drug-likeness (QED) is 0.354. The molecule has 2 aromatic carbocycles. The van der Waals surface area contributed by atoms with Gasteiger partial charge in [-0.25, -0.2) is 14.4 Å². The summed E-state index contributed by atoms with van der Waals surface area (Å²) in [6.45, 7) is 6.79. The zero-order valence-corrected chi connectivity index (χ0v) is 21.6. The molecule has 0 radical (unpaired) electrons. The van der Waals surface area contributed by atoms with Gasteiger partial charge < -0.3 is 16.0 Å². The molecule has 10 heteroatoms. The van der Waals surface area contributed by atoms with Gasteiger partial charge in [0.25, 0.3) is 0 Å². The van der Waals surface area contributed by atoms with Crippen molar-refractivity contribution in [3.63, 3.8) is 0 Å². The van der Waals surface area contributed by atoms with Gasteiger partial charge in [0.05, 0.1) is 6.54 Å². The Labute approximate surface area is 222 Å². The number of anilines is 2. The van der Waals surface area contributed by atoms with Gasteiger partial charge in [0.2, 0.25) is 11.8 Å².